The van der Waals surface area contributed by atoms with E-state index in [9.17, 15) is 9.59 Å². The number of ether oxygens (including phenoxy) is 2. The van der Waals surface area contributed by atoms with Gasteiger partial charge in [0.2, 0.25) is 5.41 Å². The highest BCUT2D eigenvalue weighted by Crippen LogP contribution is 2.35. The number of rotatable bonds is 2. The van der Waals surface area contributed by atoms with Gasteiger partial charge in [-0.05, 0) is 20.8 Å². The summed E-state index contributed by atoms with van der Waals surface area (Å²) < 4.78 is 10.0. The van der Waals surface area contributed by atoms with Crippen LogP contribution in [-0.2, 0) is 19.1 Å². The summed E-state index contributed by atoms with van der Waals surface area (Å²) in [6.07, 6.45) is -1.11. The fraction of sp³-hybridized carbons (Fsp3) is 0.800. The van der Waals surface area contributed by atoms with Gasteiger partial charge >= 0.3 is 11.9 Å². The van der Waals surface area contributed by atoms with Gasteiger partial charge in [0.1, 0.15) is 11.8 Å². The van der Waals surface area contributed by atoms with Crippen LogP contribution in [0.5, 0.6) is 0 Å². The summed E-state index contributed by atoms with van der Waals surface area (Å²) in [5.41, 5.74) is 3.01. The van der Waals surface area contributed by atoms with Gasteiger partial charge in [-0.1, -0.05) is 0 Å². The van der Waals surface area contributed by atoms with Crippen LogP contribution in [0.1, 0.15) is 27.2 Å². The third kappa shape index (κ3) is 2.17. The average molecular weight is 231 g/mol. The Morgan fingerprint density at radius 1 is 1.50 bits per heavy atom. The third-order valence-corrected chi connectivity index (χ3v) is 2.42. The SMILES string of the molecule is CC(C)(C)OC(=O)C1(C(=O)O)CCOC1N. The minimum atomic E-state index is -1.77. The van der Waals surface area contributed by atoms with Crippen molar-refractivity contribution in [3.8, 4) is 0 Å². The van der Waals surface area contributed by atoms with E-state index in [0.29, 0.717) is 0 Å². The monoisotopic (exact) mass is 231 g/mol. The first kappa shape index (κ1) is 12.9. The molecular formula is C10H17NO5. The molecule has 3 N–H and O–H groups in total. The first-order valence-corrected chi connectivity index (χ1v) is 5.04. The molecule has 0 spiro atoms. The summed E-state index contributed by atoms with van der Waals surface area (Å²) in [6.45, 7) is 5.15. The van der Waals surface area contributed by atoms with Crippen LogP contribution in [0.25, 0.3) is 0 Å². The number of carbonyl (C=O) groups excluding carboxylic acids is 1. The highest BCUT2D eigenvalue weighted by atomic mass is 16.6. The number of esters is 1. The molecule has 2 unspecified atom stereocenters. The predicted molar refractivity (Wildman–Crippen MR) is 54.5 cm³/mol. The van der Waals surface area contributed by atoms with Crippen molar-refractivity contribution in [1.29, 1.82) is 0 Å². The summed E-state index contributed by atoms with van der Waals surface area (Å²) in [4.78, 5) is 23.1. The van der Waals surface area contributed by atoms with E-state index >= 15 is 0 Å². The van der Waals surface area contributed by atoms with E-state index in [4.69, 9.17) is 20.3 Å². The molecule has 1 heterocycles. The number of carbonyl (C=O) groups is 2. The van der Waals surface area contributed by atoms with Crippen molar-refractivity contribution in [3.05, 3.63) is 0 Å². The molecule has 16 heavy (non-hydrogen) atoms. The maximum absolute atomic E-state index is 11.9. The van der Waals surface area contributed by atoms with Crippen molar-refractivity contribution in [2.45, 2.75) is 39.0 Å². The minimum absolute atomic E-state index is 0.0401. The second-order valence-corrected chi connectivity index (χ2v) is 4.82. The molecule has 92 valence electrons. The topological polar surface area (TPSA) is 98.9 Å². The zero-order chi connectivity index (χ0) is 12.6. The Kier molecular flexibility index (Phi) is 3.25. The van der Waals surface area contributed by atoms with Crippen molar-refractivity contribution < 1.29 is 24.2 Å². The van der Waals surface area contributed by atoms with Crippen LogP contribution in [0.2, 0.25) is 0 Å². The Morgan fingerprint density at radius 2 is 2.06 bits per heavy atom. The van der Waals surface area contributed by atoms with Crippen LogP contribution < -0.4 is 5.73 Å². The fourth-order valence-electron chi connectivity index (χ4n) is 1.53. The lowest BCUT2D eigenvalue weighted by molar-refractivity contribution is -0.180. The summed E-state index contributed by atoms with van der Waals surface area (Å²) >= 11 is 0. The molecule has 0 aromatic rings. The lowest BCUT2D eigenvalue weighted by Gasteiger charge is -2.29. The molecule has 1 saturated heterocycles. The van der Waals surface area contributed by atoms with Gasteiger partial charge in [0.15, 0.2) is 0 Å². The molecule has 0 aromatic heterocycles. The molecule has 0 bridgehead atoms. The van der Waals surface area contributed by atoms with Crippen molar-refractivity contribution >= 4 is 11.9 Å². The Bertz CT molecular complexity index is 309. The summed E-state index contributed by atoms with van der Waals surface area (Å²) in [5.74, 6) is -2.13. The molecule has 0 aliphatic carbocycles. The van der Waals surface area contributed by atoms with Crippen LogP contribution in [-0.4, -0.2) is 35.5 Å². The molecule has 1 aliphatic heterocycles. The number of aliphatic carboxylic acids is 1. The van der Waals surface area contributed by atoms with Gasteiger partial charge in [-0.3, -0.25) is 9.59 Å². The van der Waals surface area contributed by atoms with E-state index in [1.54, 1.807) is 20.8 Å². The lowest BCUT2D eigenvalue weighted by Crippen LogP contribution is -2.52. The summed E-state index contributed by atoms with van der Waals surface area (Å²) in [6, 6.07) is 0. The van der Waals surface area contributed by atoms with E-state index in [1.807, 2.05) is 0 Å². The van der Waals surface area contributed by atoms with Crippen molar-refractivity contribution in [1.82, 2.24) is 0 Å². The maximum atomic E-state index is 11.9. The molecule has 0 saturated carbocycles. The van der Waals surface area contributed by atoms with Crippen LogP contribution in [0.3, 0.4) is 0 Å². The average Bonchev–Trinajstić information content (AvgIpc) is 2.44. The second kappa shape index (κ2) is 4.03. The molecule has 0 radical (unpaired) electrons. The van der Waals surface area contributed by atoms with E-state index < -0.39 is 29.2 Å². The van der Waals surface area contributed by atoms with Crippen LogP contribution >= 0.6 is 0 Å². The van der Waals surface area contributed by atoms with E-state index in [-0.39, 0.29) is 13.0 Å². The Hall–Kier alpha value is -1.14. The van der Waals surface area contributed by atoms with Crippen molar-refractivity contribution in [2.24, 2.45) is 11.1 Å². The largest absolute Gasteiger partial charge is 0.480 e. The second-order valence-electron chi connectivity index (χ2n) is 4.82. The zero-order valence-electron chi connectivity index (χ0n) is 9.65. The Labute approximate surface area is 93.7 Å². The number of carboxylic acid groups (broad SMARTS) is 1. The molecule has 0 aromatic carbocycles. The highest BCUT2D eigenvalue weighted by molar-refractivity contribution is 6.00. The van der Waals surface area contributed by atoms with Crippen molar-refractivity contribution in [3.63, 3.8) is 0 Å². The molecule has 2 atom stereocenters. The molecule has 6 heteroatoms. The van der Waals surface area contributed by atoms with Crippen LogP contribution in [0, 0.1) is 5.41 Å². The normalized spacial score (nSPS) is 30.1. The number of carboxylic acids is 1. The maximum Gasteiger partial charge on any atom is 0.328 e. The van der Waals surface area contributed by atoms with Gasteiger partial charge in [0.05, 0.1) is 6.61 Å². The predicted octanol–water partition coefficient (Wildman–Crippen LogP) is 0.104. The van der Waals surface area contributed by atoms with Crippen LogP contribution in [0.4, 0.5) is 0 Å². The third-order valence-electron chi connectivity index (χ3n) is 2.42. The zero-order valence-corrected chi connectivity index (χ0v) is 9.65. The van der Waals surface area contributed by atoms with Gasteiger partial charge in [-0.25, -0.2) is 0 Å². The number of hydrogen-bond acceptors (Lipinski definition) is 5. The smallest absolute Gasteiger partial charge is 0.328 e. The first-order chi connectivity index (χ1) is 7.20. The van der Waals surface area contributed by atoms with E-state index in [2.05, 4.69) is 0 Å². The summed E-state index contributed by atoms with van der Waals surface area (Å²) in [5, 5.41) is 9.14. The molecular weight excluding hydrogens is 214 g/mol. The van der Waals surface area contributed by atoms with Gasteiger partial charge < -0.3 is 20.3 Å². The number of nitrogens with two attached hydrogens (primary N) is 1. The quantitative estimate of drug-likeness (QED) is 0.516. The highest BCUT2D eigenvalue weighted by Gasteiger charge is 2.57. The fourth-order valence-corrected chi connectivity index (χ4v) is 1.53. The number of hydrogen-bond donors (Lipinski definition) is 2. The standard InChI is InChI=1S/C10H17NO5/c1-9(2,3)16-8(14)10(7(12)13)4-5-15-6(10)11/h6H,4-5,11H2,1-3H3,(H,12,13). The van der Waals surface area contributed by atoms with Gasteiger partial charge in [0.25, 0.3) is 0 Å². The van der Waals surface area contributed by atoms with Gasteiger partial charge in [-0.15, -0.1) is 0 Å². The Balaban J connectivity index is 2.95. The van der Waals surface area contributed by atoms with E-state index in [1.165, 1.54) is 0 Å². The molecule has 1 fully saturated rings. The minimum Gasteiger partial charge on any atom is -0.480 e. The van der Waals surface area contributed by atoms with Crippen molar-refractivity contribution in [2.75, 3.05) is 6.61 Å². The molecule has 6 nitrogen and oxygen atoms in total. The molecule has 0 amide bonds. The lowest BCUT2D eigenvalue weighted by atomic mass is 9.84. The first-order valence-electron chi connectivity index (χ1n) is 5.04. The molecule has 1 rings (SSSR count). The van der Waals surface area contributed by atoms with Gasteiger partial charge in [-0.2, -0.15) is 0 Å². The molecule has 1 aliphatic rings. The Morgan fingerprint density at radius 3 is 2.38 bits per heavy atom. The van der Waals surface area contributed by atoms with E-state index in [0.717, 1.165) is 0 Å². The summed E-state index contributed by atoms with van der Waals surface area (Å²) in [7, 11) is 0. The van der Waals surface area contributed by atoms with Crippen LogP contribution in [0.15, 0.2) is 0 Å². The van der Waals surface area contributed by atoms with Gasteiger partial charge in [0, 0.05) is 6.42 Å².